The van der Waals surface area contributed by atoms with E-state index in [1.54, 1.807) is 23.1 Å². The first-order chi connectivity index (χ1) is 8.06. The summed E-state index contributed by atoms with van der Waals surface area (Å²) >= 11 is 16.5. The molecule has 7 heteroatoms. The summed E-state index contributed by atoms with van der Waals surface area (Å²) in [6.07, 6.45) is 1.57. The molecule has 1 aromatic carbocycles. The monoisotopic (exact) mass is 286 g/mol. The molecule has 0 saturated carbocycles. The first kappa shape index (κ1) is 12.3. The number of aromatic nitrogens is 3. The third kappa shape index (κ3) is 2.94. The zero-order valence-corrected chi connectivity index (χ0v) is 10.9. The van der Waals surface area contributed by atoms with Crippen LogP contribution in [0.3, 0.4) is 0 Å². The van der Waals surface area contributed by atoms with E-state index >= 15 is 0 Å². The molecule has 0 saturated heterocycles. The summed E-state index contributed by atoms with van der Waals surface area (Å²) < 4.78 is 1.63. The van der Waals surface area contributed by atoms with Crippen LogP contribution in [0.15, 0.2) is 24.5 Å². The topological polar surface area (TPSA) is 56.7 Å². The fourth-order valence-corrected chi connectivity index (χ4v) is 1.72. The van der Waals surface area contributed by atoms with Crippen molar-refractivity contribution in [1.82, 2.24) is 14.8 Å². The average Bonchev–Trinajstić information content (AvgIpc) is 2.72. The fraction of sp³-hybridized carbons (Fsp3) is 0.100. The minimum absolute atomic E-state index is 0.179. The standard InChI is InChI=1S/C10H8Cl2N4S/c11-7-2-1-6(3-8(7)12)4-16-5-14-10(15-16)9(13)17/h1-3,5H,4H2,(H2,13,17). The molecule has 0 amide bonds. The quantitative estimate of drug-likeness (QED) is 0.880. The van der Waals surface area contributed by atoms with Gasteiger partial charge in [0.2, 0.25) is 5.82 Å². The van der Waals surface area contributed by atoms with Gasteiger partial charge in [-0.05, 0) is 17.7 Å². The van der Waals surface area contributed by atoms with E-state index in [9.17, 15) is 0 Å². The maximum Gasteiger partial charge on any atom is 0.208 e. The Bertz CT molecular complexity index is 567. The third-order valence-corrected chi connectivity index (χ3v) is 3.01. The third-order valence-electron chi connectivity index (χ3n) is 2.09. The molecule has 0 aliphatic carbocycles. The second-order valence-corrected chi connectivity index (χ2v) is 4.63. The van der Waals surface area contributed by atoms with Gasteiger partial charge in [-0.25, -0.2) is 9.67 Å². The lowest BCUT2D eigenvalue weighted by Crippen LogP contribution is -2.12. The Labute approximate surface area is 113 Å². The van der Waals surface area contributed by atoms with E-state index in [0.29, 0.717) is 22.4 Å². The molecule has 2 N–H and O–H groups in total. The van der Waals surface area contributed by atoms with Crippen molar-refractivity contribution in [2.24, 2.45) is 5.73 Å². The lowest BCUT2D eigenvalue weighted by molar-refractivity contribution is 0.683. The summed E-state index contributed by atoms with van der Waals surface area (Å²) in [6.45, 7) is 0.534. The molecule has 1 heterocycles. The summed E-state index contributed by atoms with van der Waals surface area (Å²) in [5, 5.41) is 5.16. The Kier molecular flexibility index (Phi) is 3.61. The van der Waals surface area contributed by atoms with E-state index in [2.05, 4.69) is 10.1 Å². The van der Waals surface area contributed by atoms with Crippen molar-refractivity contribution in [3.8, 4) is 0 Å². The Balaban J connectivity index is 2.19. The highest BCUT2D eigenvalue weighted by molar-refractivity contribution is 7.80. The smallest absolute Gasteiger partial charge is 0.208 e. The van der Waals surface area contributed by atoms with Crippen LogP contribution in [0, 0.1) is 0 Å². The molecule has 0 unspecified atom stereocenters. The number of hydrogen-bond donors (Lipinski definition) is 1. The van der Waals surface area contributed by atoms with Crippen LogP contribution in [0.5, 0.6) is 0 Å². The van der Waals surface area contributed by atoms with Crippen LogP contribution in [-0.4, -0.2) is 19.8 Å². The van der Waals surface area contributed by atoms with Gasteiger partial charge in [-0.1, -0.05) is 41.5 Å². The van der Waals surface area contributed by atoms with E-state index in [-0.39, 0.29) is 4.99 Å². The normalized spacial score (nSPS) is 10.5. The number of rotatable bonds is 3. The number of halogens is 2. The van der Waals surface area contributed by atoms with Gasteiger partial charge in [0.05, 0.1) is 16.6 Å². The lowest BCUT2D eigenvalue weighted by Gasteiger charge is -2.02. The van der Waals surface area contributed by atoms with Crippen LogP contribution in [0.2, 0.25) is 10.0 Å². The van der Waals surface area contributed by atoms with Crippen molar-refractivity contribution in [3.63, 3.8) is 0 Å². The van der Waals surface area contributed by atoms with Crippen molar-refractivity contribution >= 4 is 40.4 Å². The highest BCUT2D eigenvalue weighted by atomic mass is 35.5. The molecule has 0 radical (unpaired) electrons. The minimum atomic E-state index is 0.179. The largest absolute Gasteiger partial charge is 0.387 e. The van der Waals surface area contributed by atoms with Crippen LogP contribution in [0.4, 0.5) is 0 Å². The van der Waals surface area contributed by atoms with Gasteiger partial charge >= 0.3 is 0 Å². The molecule has 0 aliphatic heterocycles. The molecule has 2 rings (SSSR count). The van der Waals surface area contributed by atoms with Gasteiger partial charge in [-0.3, -0.25) is 0 Å². The molecular formula is C10H8Cl2N4S. The molecule has 1 aromatic heterocycles. The first-order valence-corrected chi connectivity index (χ1v) is 5.86. The first-order valence-electron chi connectivity index (χ1n) is 4.69. The predicted octanol–water partition coefficient (Wildman–Crippen LogP) is 2.27. The maximum atomic E-state index is 5.92. The predicted molar refractivity (Wildman–Crippen MR) is 71.5 cm³/mol. The van der Waals surface area contributed by atoms with Gasteiger partial charge in [-0.2, -0.15) is 0 Å². The number of nitrogens with two attached hydrogens (primary N) is 1. The molecule has 0 atom stereocenters. The van der Waals surface area contributed by atoms with E-state index in [1.165, 1.54) is 0 Å². The fourth-order valence-electron chi connectivity index (χ4n) is 1.31. The van der Waals surface area contributed by atoms with Gasteiger partial charge < -0.3 is 5.73 Å². The van der Waals surface area contributed by atoms with Crippen molar-refractivity contribution in [2.75, 3.05) is 0 Å². The van der Waals surface area contributed by atoms with Gasteiger partial charge in [-0.15, -0.1) is 5.10 Å². The minimum Gasteiger partial charge on any atom is -0.387 e. The van der Waals surface area contributed by atoms with Crippen molar-refractivity contribution in [1.29, 1.82) is 0 Å². The van der Waals surface area contributed by atoms with Crippen molar-refractivity contribution < 1.29 is 0 Å². The zero-order valence-electron chi connectivity index (χ0n) is 8.60. The van der Waals surface area contributed by atoms with Crippen LogP contribution >= 0.6 is 35.4 Å². The van der Waals surface area contributed by atoms with E-state index in [4.69, 9.17) is 41.2 Å². The molecule has 4 nitrogen and oxygen atoms in total. The molecule has 0 fully saturated rings. The van der Waals surface area contributed by atoms with E-state index in [1.807, 2.05) is 6.07 Å². The Morgan fingerprint density at radius 2 is 2.12 bits per heavy atom. The number of benzene rings is 1. The van der Waals surface area contributed by atoms with Crippen LogP contribution < -0.4 is 5.73 Å². The van der Waals surface area contributed by atoms with E-state index < -0.39 is 0 Å². The molecule has 0 bridgehead atoms. The summed E-state index contributed by atoms with van der Waals surface area (Å²) in [5.74, 6) is 0.361. The Hall–Kier alpha value is -1.17. The molecule has 88 valence electrons. The maximum absolute atomic E-state index is 5.92. The second-order valence-electron chi connectivity index (χ2n) is 3.38. The molecule has 2 aromatic rings. The summed E-state index contributed by atoms with van der Waals surface area (Å²) in [5.41, 5.74) is 6.39. The SMILES string of the molecule is NC(=S)c1ncn(Cc2ccc(Cl)c(Cl)c2)n1. The van der Waals surface area contributed by atoms with Gasteiger partial charge in [0.25, 0.3) is 0 Å². The van der Waals surface area contributed by atoms with Crippen LogP contribution in [0.25, 0.3) is 0 Å². The summed E-state index contributed by atoms with van der Waals surface area (Å²) in [4.78, 5) is 4.16. The molecular weight excluding hydrogens is 279 g/mol. The highest BCUT2D eigenvalue weighted by Gasteiger charge is 2.05. The zero-order chi connectivity index (χ0) is 12.4. The summed E-state index contributed by atoms with van der Waals surface area (Å²) in [6, 6.07) is 5.40. The number of nitrogens with zero attached hydrogens (tertiary/aromatic N) is 3. The Morgan fingerprint density at radius 1 is 1.35 bits per heavy atom. The average molecular weight is 287 g/mol. The van der Waals surface area contributed by atoms with Gasteiger partial charge in [0, 0.05) is 0 Å². The highest BCUT2D eigenvalue weighted by Crippen LogP contribution is 2.22. The molecule has 17 heavy (non-hydrogen) atoms. The van der Waals surface area contributed by atoms with Crippen molar-refractivity contribution in [3.05, 3.63) is 46.0 Å². The van der Waals surface area contributed by atoms with Gasteiger partial charge in [0.15, 0.2) is 0 Å². The number of thiocarbonyl (C=S) groups is 1. The van der Waals surface area contributed by atoms with E-state index in [0.717, 1.165) is 5.56 Å². The Morgan fingerprint density at radius 3 is 2.71 bits per heavy atom. The van der Waals surface area contributed by atoms with Gasteiger partial charge in [0.1, 0.15) is 11.3 Å². The lowest BCUT2D eigenvalue weighted by atomic mass is 10.2. The summed E-state index contributed by atoms with van der Waals surface area (Å²) in [7, 11) is 0. The number of hydrogen-bond acceptors (Lipinski definition) is 3. The van der Waals surface area contributed by atoms with Crippen LogP contribution in [0.1, 0.15) is 11.4 Å². The van der Waals surface area contributed by atoms with Crippen molar-refractivity contribution in [2.45, 2.75) is 6.54 Å². The second kappa shape index (κ2) is 5.00. The van der Waals surface area contributed by atoms with Crippen LogP contribution in [-0.2, 0) is 6.54 Å². The molecule has 0 spiro atoms. The molecule has 0 aliphatic rings.